The van der Waals surface area contributed by atoms with Crippen LogP contribution in [0.2, 0.25) is 0 Å². The second-order valence-electron chi connectivity index (χ2n) is 6.73. The molecular weight excluding hydrogens is 400 g/mol. The predicted octanol–water partition coefficient (Wildman–Crippen LogP) is 8.28. The van der Waals surface area contributed by atoms with E-state index in [-0.39, 0.29) is 0 Å². The lowest BCUT2D eigenvalue weighted by atomic mass is 9.93. The van der Waals surface area contributed by atoms with Crippen LogP contribution in [0.25, 0.3) is 52.5 Å². The van der Waals surface area contributed by atoms with Gasteiger partial charge in [-0.2, -0.15) is 0 Å². The van der Waals surface area contributed by atoms with Crippen LogP contribution in [0.5, 0.6) is 0 Å². The Morgan fingerprint density at radius 3 is 1.92 bits per heavy atom. The van der Waals surface area contributed by atoms with Crippen LogP contribution in [0, 0.1) is 0 Å². The maximum absolute atomic E-state index is 3.67. The van der Waals surface area contributed by atoms with Crippen molar-refractivity contribution in [3.05, 3.63) is 83.3 Å². The summed E-state index contributed by atoms with van der Waals surface area (Å²) in [6.45, 7) is 0. The van der Waals surface area contributed by atoms with Crippen LogP contribution in [0.1, 0.15) is 0 Å². The molecule has 0 aliphatic carbocycles. The zero-order chi connectivity index (χ0) is 17.3. The molecule has 1 aromatic heterocycles. The molecule has 0 saturated carbocycles. The van der Waals surface area contributed by atoms with Crippen molar-refractivity contribution in [2.45, 2.75) is 0 Å². The van der Waals surface area contributed by atoms with Crippen molar-refractivity contribution in [1.29, 1.82) is 0 Å². The molecule has 0 amide bonds. The smallest absolute Gasteiger partial charge is 0.0362 e. The fraction of sp³-hybridized carbons (Fsp3) is 0. The molecule has 0 aliphatic rings. The number of benzene rings is 5. The van der Waals surface area contributed by atoms with Gasteiger partial charge < -0.3 is 0 Å². The third-order valence-electron chi connectivity index (χ3n) is 5.30. The molecule has 6 rings (SSSR count). The number of hydrogen-bond donors (Lipinski definition) is 0. The summed E-state index contributed by atoms with van der Waals surface area (Å²) in [7, 11) is 0. The highest BCUT2D eigenvalue weighted by atomic mass is 79.9. The van der Waals surface area contributed by atoms with Gasteiger partial charge in [-0.25, -0.2) is 0 Å². The summed E-state index contributed by atoms with van der Waals surface area (Å²) in [6, 6.07) is 28.9. The highest BCUT2D eigenvalue weighted by molar-refractivity contribution is 9.10. The first kappa shape index (κ1) is 14.7. The van der Waals surface area contributed by atoms with E-state index < -0.39 is 0 Å². The Hall–Kier alpha value is -2.42. The first-order valence-electron chi connectivity index (χ1n) is 8.64. The predicted molar refractivity (Wildman–Crippen MR) is 120 cm³/mol. The number of hydrogen-bond acceptors (Lipinski definition) is 1. The molecule has 0 atom stereocenters. The molecule has 0 aliphatic heterocycles. The van der Waals surface area contributed by atoms with E-state index in [9.17, 15) is 0 Å². The normalized spacial score (nSPS) is 12.0. The topological polar surface area (TPSA) is 0 Å². The van der Waals surface area contributed by atoms with Gasteiger partial charge >= 0.3 is 0 Å². The minimum atomic E-state index is 1.12. The molecule has 0 fully saturated rings. The van der Waals surface area contributed by atoms with Crippen molar-refractivity contribution >= 4 is 79.8 Å². The summed E-state index contributed by atoms with van der Waals surface area (Å²) in [5.74, 6) is 0. The van der Waals surface area contributed by atoms with Crippen molar-refractivity contribution in [2.24, 2.45) is 0 Å². The average molecular weight is 413 g/mol. The van der Waals surface area contributed by atoms with E-state index >= 15 is 0 Å². The van der Waals surface area contributed by atoms with E-state index in [1.165, 1.54) is 52.5 Å². The molecule has 0 radical (unpaired) electrons. The largest absolute Gasteiger partial charge is 0.135 e. The Bertz CT molecular complexity index is 1490. The number of thiophene rings is 1. The quantitative estimate of drug-likeness (QED) is 0.220. The molecule has 0 spiro atoms. The Labute approximate surface area is 162 Å². The van der Waals surface area contributed by atoms with Gasteiger partial charge in [-0.1, -0.05) is 64.5 Å². The van der Waals surface area contributed by atoms with Crippen molar-refractivity contribution in [1.82, 2.24) is 0 Å². The summed E-state index contributed by atoms with van der Waals surface area (Å²) < 4.78 is 3.84. The van der Waals surface area contributed by atoms with Crippen LogP contribution in [0.15, 0.2) is 83.3 Å². The summed E-state index contributed by atoms with van der Waals surface area (Å²) in [4.78, 5) is 0. The van der Waals surface area contributed by atoms with Crippen LogP contribution >= 0.6 is 27.3 Å². The molecule has 26 heavy (non-hydrogen) atoms. The van der Waals surface area contributed by atoms with Crippen molar-refractivity contribution in [2.75, 3.05) is 0 Å². The third kappa shape index (κ3) is 1.94. The number of rotatable bonds is 0. The lowest BCUT2D eigenvalue weighted by Gasteiger charge is -2.11. The molecule has 0 N–H and O–H groups in total. The third-order valence-corrected chi connectivity index (χ3v) is 6.92. The van der Waals surface area contributed by atoms with Crippen LogP contribution in [-0.4, -0.2) is 0 Å². The van der Waals surface area contributed by atoms with Gasteiger partial charge in [0.15, 0.2) is 0 Å². The van der Waals surface area contributed by atoms with Crippen LogP contribution < -0.4 is 0 Å². The van der Waals surface area contributed by atoms with Gasteiger partial charge in [-0.15, -0.1) is 11.3 Å². The van der Waals surface area contributed by atoms with Crippen molar-refractivity contribution in [3.8, 4) is 0 Å². The molecule has 6 aromatic rings. The summed E-state index contributed by atoms with van der Waals surface area (Å²) in [5.41, 5.74) is 0. The summed E-state index contributed by atoms with van der Waals surface area (Å²) in [6.07, 6.45) is 0. The maximum atomic E-state index is 3.67. The average Bonchev–Trinajstić information content (AvgIpc) is 3.04. The van der Waals surface area contributed by atoms with Gasteiger partial charge in [0.25, 0.3) is 0 Å². The zero-order valence-electron chi connectivity index (χ0n) is 13.8. The molecule has 2 heteroatoms. The van der Waals surface area contributed by atoms with E-state index in [1.807, 2.05) is 11.3 Å². The second-order valence-corrected chi connectivity index (χ2v) is 8.73. The molecule has 0 unspecified atom stereocenters. The van der Waals surface area contributed by atoms with Gasteiger partial charge in [0.2, 0.25) is 0 Å². The van der Waals surface area contributed by atoms with E-state index in [4.69, 9.17) is 0 Å². The van der Waals surface area contributed by atoms with E-state index in [0.717, 1.165) is 4.47 Å². The fourth-order valence-corrected chi connectivity index (χ4v) is 5.63. The molecule has 5 aromatic carbocycles. The number of fused-ring (bicyclic) bond motifs is 9. The standard InChI is InChI=1S/C24H13BrS/c25-14-9-10-17-15-5-1-2-6-16(15)21-13-24-22(12-20(21)19(17)11-14)18-7-3-4-8-23(18)26-24/h1-13H. The fourth-order valence-electron chi connectivity index (χ4n) is 4.14. The van der Waals surface area contributed by atoms with Crippen molar-refractivity contribution < 1.29 is 0 Å². The monoisotopic (exact) mass is 412 g/mol. The van der Waals surface area contributed by atoms with E-state index in [1.54, 1.807) is 0 Å². The van der Waals surface area contributed by atoms with Gasteiger partial charge in [0.1, 0.15) is 0 Å². The van der Waals surface area contributed by atoms with E-state index in [2.05, 4.69) is 94.8 Å². The minimum Gasteiger partial charge on any atom is -0.135 e. The lowest BCUT2D eigenvalue weighted by Crippen LogP contribution is -1.83. The first-order chi connectivity index (χ1) is 12.8. The van der Waals surface area contributed by atoms with Crippen LogP contribution in [0.3, 0.4) is 0 Å². The molecule has 1 heterocycles. The highest BCUT2D eigenvalue weighted by Crippen LogP contribution is 2.42. The highest BCUT2D eigenvalue weighted by Gasteiger charge is 2.12. The lowest BCUT2D eigenvalue weighted by molar-refractivity contribution is 1.74. The molecule has 0 bridgehead atoms. The maximum Gasteiger partial charge on any atom is 0.0362 e. The Kier molecular flexibility index (Phi) is 3.00. The Morgan fingerprint density at radius 1 is 0.462 bits per heavy atom. The summed E-state index contributed by atoms with van der Waals surface area (Å²) >= 11 is 5.55. The van der Waals surface area contributed by atoms with Gasteiger partial charge in [0.05, 0.1) is 0 Å². The SMILES string of the molecule is Brc1ccc2c3ccccc3c3cc4sc5ccccc5c4cc3c2c1. The summed E-state index contributed by atoms with van der Waals surface area (Å²) in [5, 5.41) is 10.7. The van der Waals surface area contributed by atoms with Crippen LogP contribution in [-0.2, 0) is 0 Å². The molecule has 0 saturated heterocycles. The Morgan fingerprint density at radius 2 is 1.08 bits per heavy atom. The van der Waals surface area contributed by atoms with Gasteiger partial charge in [-0.3, -0.25) is 0 Å². The molecule has 0 nitrogen and oxygen atoms in total. The molecule has 122 valence electrons. The Balaban J connectivity index is 1.96. The minimum absolute atomic E-state index is 1.12. The van der Waals surface area contributed by atoms with E-state index in [0.29, 0.717) is 0 Å². The van der Waals surface area contributed by atoms with Gasteiger partial charge in [-0.05, 0) is 62.6 Å². The second kappa shape index (κ2) is 5.29. The van der Waals surface area contributed by atoms with Crippen LogP contribution in [0.4, 0.5) is 0 Å². The zero-order valence-corrected chi connectivity index (χ0v) is 16.2. The molecular formula is C24H13BrS. The van der Waals surface area contributed by atoms with Gasteiger partial charge in [0, 0.05) is 24.6 Å². The number of halogens is 1. The van der Waals surface area contributed by atoms with Crippen molar-refractivity contribution in [3.63, 3.8) is 0 Å². The first-order valence-corrected chi connectivity index (χ1v) is 10.3.